The molecule has 2 unspecified atom stereocenters. The molecule has 1 aromatic heterocycles. The average Bonchev–Trinajstić information content (AvgIpc) is 2.79. The predicted molar refractivity (Wildman–Crippen MR) is 77.8 cm³/mol. The van der Waals surface area contributed by atoms with Crippen LogP contribution in [0.1, 0.15) is 31.9 Å². The molecule has 1 aliphatic rings. The van der Waals surface area contributed by atoms with Crippen molar-refractivity contribution in [1.29, 1.82) is 0 Å². The maximum absolute atomic E-state index is 5.98. The van der Waals surface area contributed by atoms with E-state index in [1.165, 1.54) is 11.3 Å². The van der Waals surface area contributed by atoms with Crippen LogP contribution < -0.4 is 5.73 Å². The number of nitrogens with two attached hydrogens (primary N) is 1. The second kappa shape index (κ2) is 6.59. The largest absolute Gasteiger partial charge is 0.329 e. The molecule has 2 atom stereocenters. The summed E-state index contributed by atoms with van der Waals surface area (Å²) < 4.78 is 2.03. The SMILES string of the molecule is CCCn1cc(C(CN)N2CCSC(C)C2)cn1. The molecule has 0 radical (unpaired) electrons. The van der Waals surface area contributed by atoms with E-state index in [1.54, 1.807) is 0 Å². The van der Waals surface area contributed by atoms with Gasteiger partial charge >= 0.3 is 0 Å². The quantitative estimate of drug-likeness (QED) is 0.883. The van der Waals surface area contributed by atoms with Crippen LogP contribution in [0.3, 0.4) is 0 Å². The minimum Gasteiger partial charge on any atom is -0.329 e. The molecule has 0 bridgehead atoms. The van der Waals surface area contributed by atoms with Crippen LogP contribution in [0.2, 0.25) is 0 Å². The zero-order chi connectivity index (χ0) is 13.0. The van der Waals surface area contributed by atoms with Crippen molar-refractivity contribution in [2.45, 2.75) is 38.1 Å². The van der Waals surface area contributed by atoms with E-state index >= 15 is 0 Å². The van der Waals surface area contributed by atoms with Crippen molar-refractivity contribution in [1.82, 2.24) is 14.7 Å². The van der Waals surface area contributed by atoms with Gasteiger partial charge in [-0.25, -0.2) is 0 Å². The fraction of sp³-hybridized carbons (Fsp3) is 0.769. The molecular weight excluding hydrogens is 244 g/mol. The Morgan fingerprint density at radius 1 is 1.61 bits per heavy atom. The lowest BCUT2D eigenvalue weighted by atomic mass is 10.1. The molecule has 4 nitrogen and oxygen atoms in total. The van der Waals surface area contributed by atoms with Gasteiger partial charge in [0, 0.05) is 48.9 Å². The molecule has 2 rings (SSSR count). The van der Waals surface area contributed by atoms with Gasteiger partial charge in [-0.3, -0.25) is 9.58 Å². The highest BCUT2D eigenvalue weighted by molar-refractivity contribution is 7.99. The van der Waals surface area contributed by atoms with Gasteiger partial charge in [-0.05, 0) is 6.42 Å². The van der Waals surface area contributed by atoms with E-state index in [0.29, 0.717) is 17.8 Å². The molecule has 0 saturated carbocycles. The van der Waals surface area contributed by atoms with Gasteiger partial charge in [0.1, 0.15) is 0 Å². The summed E-state index contributed by atoms with van der Waals surface area (Å²) in [7, 11) is 0. The monoisotopic (exact) mass is 268 g/mol. The Hall–Kier alpha value is -0.520. The molecule has 1 aliphatic heterocycles. The molecule has 2 heterocycles. The maximum Gasteiger partial charge on any atom is 0.0538 e. The molecule has 1 saturated heterocycles. The van der Waals surface area contributed by atoms with Gasteiger partial charge in [0.15, 0.2) is 0 Å². The fourth-order valence-electron chi connectivity index (χ4n) is 2.53. The van der Waals surface area contributed by atoms with Gasteiger partial charge in [0.25, 0.3) is 0 Å². The highest BCUT2D eigenvalue weighted by atomic mass is 32.2. The van der Waals surface area contributed by atoms with Gasteiger partial charge in [-0.1, -0.05) is 13.8 Å². The van der Waals surface area contributed by atoms with Gasteiger partial charge in [0.2, 0.25) is 0 Å². The van der Waals surface area contributed by atoms with E-state index in [-0.39, 0.29) is 0 Å². The predicted octanol–water partition coefficient (Wildman–Crippen LogP) is 1.73. The minimum atomic E-state index is 0.332. The Balaban J connectivity index is 2.06. The van der Waals surface area contributed by atoms with E-state index in [0.717, 1.165) is 26.1 Å². The van der Waals surface area contributed by atoms with Crippen LogP contribution in [-0.2, 0) is 6.54 Å². The molecule has 1 aromatic rings. The van der Waals surface area contributed by atoms with E-state index in [4.69, 9.17) is 5.73 Å². The van der Waals surface area contributed by atoms with Gasteiger partial charge in [0.05, 0.1) is 12.2 Å². The Morgan fingerprint density at radius 2 is 2.44 bits per heavy atom. The first-order valence-corrected chi connectivity index (χ1v) is 7.87. The molecule has 2 N–H and O–H groups in total. The third-order valence-corrected chi connectivity index (χ3v) is 4.56. The highest BCUT2D eigenvalue weighted by Crippen LogP contribution is 2.26. The number of hydrogen-bond acceptors (Lipinski definition) is 4. The van der Waals surface area contributed by atoms with E-state index in [9.17, 15) is 0 Å². The first-order valence-electron chi connectivity index (χ1n) is 6.82. The Morgan fingerprint density at radius 3 is 3.11 bits per heavy atom. The molecule has 5 heteroatoms. The summed E-state index contributed by atoms with van der Waals surface area (Å²) in [6.45, 7) is 8.40. The maximum atomic E-state index is 5.98. The Kier molecular flexibility index (Phi) is 5.09. The zero-order valence-electron chi connectivity index (χ0n) is 11.4. The van der Waals surface area contributed by atoms with Gasteiger partial charge < -0.3 is 5.73 Å². The lowest BCUT2D eigenvalue weighted by Crippen LogP contribution is -2.42. The van der Waals surface area contributed by atoms with Crippen LogP contribution in [0.25, 0.3) is 0 Å². The summed E-state index contributed by atoms with van der Waals surface area (Å²) in [5.74, 6) is 1.21. The lowest BCUT2D eigenvalue weighted by molar-refractivity contribution is 0.211. The van der Waals surface area contributed by atoms with E-state index < -0.39 is 0 Å². The van der Waals surface area contributed by atoms with Gasteiger partial charge in [-0.15, -0.1) is 0 Å². The summed E-state index contributed by atoms with van der Waals surface area (Å²) >= 11 is 2.05. The Labute approximate surface area is 114 Å². The third kappa shape index (κ3) is 3.28. The number of aryl methyl sites for hydroxylation is 1. The normalized spacial score (nSPS) is 23.2. The molecule has 0 aliphatic carbocycles. The van der Waals surface area contributed by atoms with Crippen LogP contribution in [-0.4, -0.2) is 45.3 Å². The summed E-state index contributed by atoms with van der Waals surface area (Å²) in [6, 6.07) is 0.332. The second-order valence-electron chi connectivity index (χ2n) is 4.96. The third-order valence-electron chi connectivity index (χ3n) is 3.43. The molecule has 0 aromatic carbocycles. The van der Waals surface area contributed by atoms with Crippen molar-refractivity contribution >= 4 is 11.8 Å². The summed E-state index contributed by atoms with van der Waals surface area (Å²) in [5, 5.41) is 5.12. The molecular formula is C13H24N4S. The van der Waals surface area contributed by atoms with Crippen LogP contribution in [0.15, 0.2) is 12.4 Å². The standard InChI is InChI=1S/C13H24N4S/c1-3-4-17-10-12(8-15-17)13(7-14)16-5-6-18-11(2)9-16/h8,10-11,13H,3-7,9,14H2,1-2H3. The fourth-order valence-corrected chi connectivity index (χ4v) is 3.57. The van der Waals surface area contributed by atoms with Crippen LogP contribution in [0, 0.1) is 0 Å². The topological polar surface area (TPSA) is 47.1 Å². The number of hydrogen-bond donors (Lipinski definition) is 1. The minimum absolute atomic E-state index is 0.332. The first kappa shape index (κ1) is 13.9. The molecule has 0 amide bonds. The first-order chi connectivity index (χ1) is 8.74. The van der Waals surface area contributed by atoms with Crippen molar-refractivity contribution in [2.24, 2.45) is 5.73 Å². The van der Waals surface area contributed by atoms with E-state index in [2.05, 4.69) is 41.8 Å². The van der Waals surface area contributed by atoms with Crippen LogP contribution in [0.5, 0.6) is 0 Å². The average molecular weight is 268 g/mol. The summed E-state index contributed by atoms with van der Waals surface area (Å²) in [4.78, 5) is 2.51. The van der Waals surface area contributed by atoms with Crippen LogP contribution in [0.4, 0.5) is 0 Å². The summed E-state index contributed by atoms with van der Waals surface area (Å²) in [5.41, 5.74) is 7.25. The number of rotatable bonds is 5. The zero-order valence-corrected chi connectivity index (χ0v) is 12.2. The molecule has 0 spiro atoms. The summed E-state index contributed by atoms with van der Waals surface area (Å²) in [6.07, 6.45) is 5.26. The smallest absolute Gasteiger partial charge is 0.0538 e. The molecule has 1 fully saturated rings. The van der Waals surface area contributed by atoms with Crippen molar-refractivity contribution in [2.75, 3.05) is 25.4 Å². The van der Waals surface area contributed by atoms with Crippen molar-refractivity contribution < 1.29 is 0 Å². The van der Waals surface area contributed by atoms with Crippen molar-refractivity contribution in [3.8, 4) is 0 Å². The Bertz CT molecular complexity index is 366. The second-order valence-corrected chi connectivity index (χ2v) is 6.51. The number of aromatic nitrogens is 2. The van der Waals surface area contributed by atoms with Crippen LogP contribution >= 0.6 is 11.8 Å². The number of nitrogens with zero attached hydrogens (tertiary/aromatic N) is 3. The highest BCUT2D eigenvalue weighted by Gasteiger charge is 2.25. The number of thioether (sulfide) groups is 1. The van der Waals surface area contributed by atoms with Crippen molar-refractivity contribution in [3.63, 3.8) is 0 Å². The molecule has 18 heavy (non-hydrogen) atoms. The lowest BCUT2D eigenvalue weighted by Gasteiger charge is -2.36. The van der Waals surface area contributed by atoms with E-state index in [1.807, 2.05) is 10.9 Å². The van der Waals surface area contributed by atoms with Crippen molar-refractivity contribution in [3.05, 3.63) is 18.0 Å². The van der Waals surface area contributed by atoms with Gasteiger partial charge in [-0.2, -0.15) is 16.9 Å². The molecule has 102 valence electrons.